The van der Waals surface area contributed by atoms with E-state index in [0.717, 1.165) is 27.1 Å². The zero-order chi connectivity index (χ0) is 18.8. The van der Waals surface area contributed by atoms with Crippen molar-refractivity contribution in [2.45, 2.75) is 24.2 Å². The molecule has 0 bridgehead atoms. The minimum Gasteiger partial charge on any atom is -0.332 e. The second kappa shape index (κ2) is 5.66. The summed E-state index contributed by atoms with van der Waals surface area (Å²) in [5.41, 5.74) is 3.22. The number of carbonyl (C=O) groups excluding carboxylic acids is 1. The Hall–Kier alpha value is -2.69. The van der Waals surface area contributed by atoms with Crippen molar-refractivity contribution in [2.75, 3.05) is 6.54 Å². The SMILES string of the molecule is O=C1CCC2(c3cccs3)OC3(CN12)c1ccccc1C=Cc1ccccc13. The highest BCUT2D eigenvalue weighted by molar-refractivity contribution is 7.10. The average Bonchev–Trinajstić information content (AvgIpc) is 3.42. The van der Waals surface area contributed by atoms with Crippen molar-refractivity contribution < 1.29 is 9.53 Å². The molecule has 0 radical (unpaired) electrons. The molecule has 2 fully saturated rings. The molecule has 1 aliphatic carbocycles. The molecule has 2 saturated heterocycles. The average molecular weight is 385 g/mol. The number of hydrogen-bond donors (Lipinski definition) is 0. The Bertz CT molecular complexity index is 1070. The standard InChI is InChI=1S/C24H19NO2S/c26-22-13-14-24(21-10-5-15-28-21)25(22)16-23(27-24)19-8-3-1-6-17(19)11-12-18-7-2-4-9-20(18)23/h1-12,15H,13-14,16H2. The largest absolute Gasteiger partial charge is 0.332 e. The Balaban J connectivity index is 1.64. The molecule has 6 rings (SSSR count). The molecule has 3 aliphatic rings. The highest BCUT2D eigenvalue weighted by atomic mass is 32.1. The van der Waals surface area contributed by atoms with Crippen LogP contribution in [-0.4, -0.2) is 17.4 Å². The highest BCUT2D eigenvalue weighted by Crippen LogP contribution is 2.57. The highest BCUT2D eigenvalue weighted by Gasteiger charge is 2.62. The van der Waals surface area contributed by atoms with Crippen molar-refractivity contribution in [3.63, 3.8) is 0 Å². The van der Waals surface area contributed by atoms with Crippen LogP contribution in [0.25, 0.3) is 12.2 Å². The van der Waals surface area contributed by atoms with Gasteiger partial charge in [0.25, 0.3) is 0 Å². The van der Waals surface area contributed by atoms with E-state index in [-0.39, 0.29) is 5.91 Å². The number of rotatable bonds is 1. The summed E-state index contributed by atoms with van der Waals surface area (Å²) in [6, 6.07) is 20.9. The van der Waals surface area contributed by atoms with Gasteiger partial charge >= 0.3 is 0 Å². The molecule has 1 unspecified atom stereocenters. The number of nitrogens with zero attached hydrogens (tertiary/aromatic N) is 1. The number of benzene rings is 2. The van der Waals surface area contributed by atoms with Crippen LogP contribution in [0.2, 0.25) is 0 Å². The van der Waals surface area contributed by atoms with E-state index >= 15 is 0 Å². The molecule has 0 saturated carbocycles. The molecule has 4 heteroatoms. The van der Waals surface area contributed by atoms with Crippen LogP contribution >= 0.6 is 11.3 Å². The van der Waals surface area contributed by atoms with E-state index in [0.29, 0.717) is 19.4 Å². The number of ether oxygens (including phenoxy) is 1. The van der Waals surface area contributed by atoms with E-state index in [1.54, 1.807) is 11.3 Å². The molecule has 2 aliphatic heterocycles. The smallest absolute Gasteiger partial charge is 0.225 e. The third kappa shape index (κ3) is 1.99. The van der Waals surface area contributed by atoms with Crippen LogP contribution in [0.1, 0.15) is 40.0 Å². The molecule has 138 valence electrons. The third-order valence-electron chi connectivity index (χ3n) is 6.28. The Morgan fingerprint density at radius 1 is 0.893 bits per heavy atom. The van der Waals surface area contributed by atoms with Gasteiger partial charge < -0.3 is 9.64 Å². The number of carbonyl (C=O) groups is 1. The summed E-state index contributed by atoms with van der Waals surface area (Å²) in [5, 5.41) is 2.07. The van der Waals surface area contributed by atoms with Gasteiger partial charge in [-0.05, 0) is 33.7 Å². The number of hydrogen-bond acceptors (Lipinski definition) is 3. The predicted octanol–water partition coefficient (Wildman–Crippen LogP) is 4.98. The summed E-state index contributed by atoms with van der Waals surface area (Å²) >= 11 is 1.67. The molecule has 1 aromatic heterocycles. The zero-order valence-corrected chi connectivity index (χ0v) is 16.1. The normalized spacial score (nSPS) is 24.1. The lowest BCUT2D eigenvalue weighted by Gasteiger charge is -2.34. The van der Waals surface area contributed by atoms with Gasteiger partial charge in [0.2, 0.25) is 5.91 Å². The van der Waals surface area contributed by atoms with Gasteiger partial charge in [0.1, 0.15) is 5.60 Å². The van der Waals surface area contributed by atoms with Crippen molar-refractivity contribution in [3.8, 4) is 0 Å². The summed E-state index contributed by atoms with van der Waals surface area (Å²) in [5.74, 6) is 0.178. The topological polar surface area (TPSA) is 29.5 Å². The van der Waals surface area contributed by atoms with Crippen molar-refractivity contribution in [3.05, 3.63) is 93.2 Å². The molecule has 2 aromatic carbocycles. The fourth-order valence-corrected chi connectivity index (χ4v) is 5.94. The van der Waals surface area contributed by atoms with Crippen LogP contribution in [0, 0.1) is 0 Å². The first-order valence-electron chi connectivity index (χ1n) is 9.65. The molecule has 1 amide bonds. The van der Waals surface area contributed by atoms with Crippen LogP contribution in [-0.2, 0) is 20.9 Å². The lowest BCUT2D eigenvalue weighted by molar-refractivity contribution is -0.144. The van der Waals surface area contributed by atoms with Gasteiger partial charge in [-0.2, -0.15) is 0 Å². The molecule has 0 N–H and O–H groups in total. The van der Waals surface area contributed by atoms with Crippen molar-refractivity contribution in [2.24, 2.45) is 0 Å². The maximum absolute atomic E-state index is 12.9. The minimum absolute atomic E-state index is 0.178. The predicted molar refractivity (Wildman–Crippen MR) is 111 cm³/mol. The van der Waals surface area contributed by atoms with Crippen LogP contribution in [0.5, 0.6) is 0 Å². The first-order chi connectivity index (χ1) is 13.7. The van der Waals surface area contributed by atoms with Crippen molar-refractivity contribution >= 4 is 29.4 Å². The van der Waals surface area contributed by atoms with E-state index < -0.39 is 11.3 Å². The third-order valence-corrected chi connectivity index (χ3v) is 7.28. The van der Waals surface area contributed by atoms with E-state index in [9.17, 15) is 4.79 Å². The second-order valence-corrected chi connectivity index (χ2v) is 8.63. The van der Waals surface area contributed by atoms with E-state index in [1.807, 2.05) is 11.0 Å². The Morgan fingerprint density at radius 3 is 2.21 bits per heavy atom. The molecule has 3 nitrogen and oxygen atoms in total. The van der Waals surface area contributed by atoms with Gasteiger partial charge in [-0.1, -0.05) is 66.7 Å². The molecule has 3 heterocycles. The van der Waals surface area contributed by atoms with Gasteiger partial charge in [0.15, 0.2) is 5.72 Å². The Morgan fingerprint density at radius 2 is 1.57 bits per heavy atom. The lowest BCUT2D eigenvalue weighted by Crippen LogP contribution is -2.38. The molecule has 1 spiro atoms. The summed E-state index contributed by atoms with van der Waals surface area (Å²) in [6.07, 6.45) is 5.56. The summed E-state index contributed by atoms with van der Waals surface area (Å²) in [6.45, 7) is 0.541. The summed E-state index contributed by atoms with van der Waals surface area (Å²) in [4.78, 5) is 16.0. The number of fused-ring (bicyclic) bond motifs is 5. The molecule has 3 aromatic rings. The Labute approximate surface area is 167 Å². The maximum Gasteiger partial charge on any atom is 0.225 e. The van der Waals surface area contributed by atoms with Crippen molar-refractivity contribution in [1.82, 2.24) is 4.90 Å². The quantitative estimate of drug-likeness (QED) is 0.591. The van der Waals surface area contributed by atoms with E-state index in [2.05, 4.69) is 72.1 Å². The second-order valence-electron chi connectivity index (χ2n) is 7.68. The molecule has 28 heavy (non-hydrogen) atoms. The fourth-order valence-electron chi connectivity index (χ4n) is 5.05. The fraction of sp³-hybridized carbons (Fsp3) is 0.208. The van der Waals surface area contributed by atoms with Gasteiger partial charge in [-0.25, -0.2) is 0 Å². The maximum atomic E-state index is 12.9. The van der Waals surface area contributed by atoms with Crippen LogP contribution < -0.4 is 0 Å². The van der Waals surface area contributed by atoms with Gasteiger partial charge in [-0.15, -0.1) is 11.3 Å². The number of amides is 1. The number of thiophene rings is 1. The lowest BCUT2D eigenvalue weighted by atomic mass is 9.83. The van der Waals surface area contributed by atoms with Crippen LogP contribution in [0.15, 0.2) is 66.0 Å². The minimum atomic E-state index is -0.671. The molecular weight excluding hydrogens is 366 g/mol. The first kappa shape index (κ1) is 16.3. The monoisotopic (exact) mass is 385 g/mol. The summed E-state index contributed by atoms with van der Waals surface area (Å²) < 4.78 is 7.12. The van der Waals surface area contributed by atoms with Gasteiger partial charge in [0.05, 0.1) is 11.4 Å². The Kier molecular flexibility index (Phi) is 3.29. The van der Waals surface area contributed by atoms with E-state index in [4.69, 9.17) is 4.74 Å². The van der Waals surface area contributed by atoms with Crippen LogP contribution in [0.4, 0.5) is 0 Å². The molecule has 1 atom stereocenters. The van der Waals surface area contributed by atoms with Gasteiger partial charge in [0, 0.05) is 12.8 Å². The zero-order valence-electron chi connectivity index (χ0n) is 15.3. The molecular formula is C24H19NO2S. The van der Waals surface area contributed by atoms with Gasteiger partial charge in [-0.3, -0.25) is 4.79 Å². The first-order valence-corrected chi connectivity index (χ1v) is 10.5. The van der Waals surface area contributed by atoms with Crippen molar-refractivity contribution in [1.29, 1.82) is 0 Å². The van der Waals surface area contributed by atoms with Crippen LogP contribution in [0.3, 0.4) is 0 Å². The summed E-state index contributed by atoms with van der Waals surface area (Å²) in [7, 11) is 0. The van der Waals surface area contributed by atoms with E-state index in [1.165, 1.54) is 0 Å².